The molecule has 0 amide bonds. The molecule has 0 aliphatic carbocycles. The number of rotatable bonds is 10. The fourth-order valence-electron chi connectivity index (χ4n) is 2.78. The van der Waals surface area contributed by atoms with Crippen molar-refractivity contribution in [3.63, 3.8) is 0 Å². The summed E-state index contributed by atoms with van der Waals surface area (Å²) < 4.78 is 15.4. The maximum absolute atomic E-state index is 11.7. The Kier molecular flexibility index (Phi) is 9.27. The highest BCUT2D eigenvalue weighted by atomic mass is 16.6. The molecule has 0 spiro atoms. The summed E-state index contributed by atoms with van der Waals surface area (Å²) in [5.74, 6) is -3.64. The van der Waals surface area contributed by atoms with Gasteiger partial charge in [0, 0.05) is 26.2 Å². The number of aliphatic carboxylic acids is 1. The molecule has 1 rings (SSSR count). The van der Waals surface area contributed by atoms with E-state index >= 15 is 0 Å². The van der Waals surface area contributed by atoms with E-state index in [1.54, 1.807) is 6.92 Å². The van der Waals surface area contributed by atoms with E-state index in [9.17, 15) is 24.3 Å². The van der Waals surface area contributed by atoms with Crippen molar-refractivity contribution in [1.82, 2.24) is 0 Å². The van der Waals surface area contributed by atoms with E-state index in [0.717, 1.165) is 0 Å². The molecular formula is C20H27NO8. The van der Waals surface area contributed by atoms with Crippen LogP contribution in [0.15, 0.2) is 18.2 Å². The highest BCUT2D eigenvalue weighted by Gasteiger charge is 2.29. The highest BCUT2D eigenvalue weighted by Crippen LogP contribution is 2.34. The smallest absolute Gasteiger partial charge is 0.321 e. The first-order chi connectivity index (χ1) is 13.5. The SMILES string of the molecule is CCCC(=O)OC(C)CC(c1ccc(OC(C)=O)c(OC(C)=O)c1)[C@H](N)C(=O)O. The molecule has 0 bridgehead atoms. The Morgan fingerprint density at radius 1 is 1.07 bits per heavy atom. The maximum atomic E-state index is 11.7. The van der Waals surface area contributed by atoms with Crippen molar-refractivity contribution < 1.29 is 38.5 Å². The number of carbonyl (C=O) groups is 4. The standard InChI is InChI=1S/C20H27NO8/c1-5-6-18(24)27-11(2)9-15(19(21)20(25)26)14-7-8-16(28-12(3)22)17(10-14)29-13(4)23/h7-8,10-11,15,19H,5-6,9,21H2,1-4H3,(H,25,26)/t11?,15?,19-/m0/s1. The Morgan fingerprint density at radius 3 is 2.17 bits per heavy atom. The van der Waals surface area contributed by atoms with Crippen LogP contribution >= 0.6 is 0 Å². The second kappa shape index (κ2) is 11.2. The van der Waals surface area contributed by atoms with Crippen LogP contribution in [0, 0.1) is 0 Å². The van der Waals surface area contributed by atoms with E-state index in [1.807, 2.05) is 6.92 Å². The predicted molar refractivity (Wildman–Crippen MR) is 102 cm³/mol. The largest absolute Gasteiger partial charge is 0.480 e. The molecule has 9 heteroatoms. The van der Waals surface area contributed by atoms with Gasteiger partial charge in [-0.2, -0.15) is 0 Å². The van der Waals surface area contributed by atoms with Crippen LogP contribution in [0.5, 0.6) is 11.5 Å². The number of benzene rings is 1. The number of carboxylic acids is 1. The van der Waals surface area contributed by atoms with Crippen LogP contribution in [-0.2, 0) is 23.9 Å². The fourth-order valence-corrected chi connectivity index (χ4v) is 2.78. The van der Waals surface area contributed by atoms with Crippen molar-refractivity contribution in [2.24, 2.45) is 5.73 Å². The molecule has 0 aliphatic rings. The number of nitrogens with two attached hydrogens (primary N) is 1. The van der Waals surface area contributed by atoms with Gasteiger partial charge in [-0.05, 0) is 37.5 Å². The van der Waals surface area contributed by atoms with E-state index in [2.05, 4.69) is 0 Å². The molecule has 0 fully saturated rings. The summed E-state index contributed by atoms with van der Waals surface area (Å²) in [7, 11) is 0. The van der Waals surface area contributed by atoms with Gasteiger partial charge in [-0.15, -0.1) is 0 Å². The van der Waals surface area contributed by atoms with Gasteiger partial charge < -0.3 is 25.1 Å². The van der Waals surface area contributed by atoms with Crippen LogP contribution in [0.3, 0.4) is 0 Å². The summed E-state index contributed by atoms with van der Waals surface area (Å²) >= 11 is 0. The quantitative estimate of drug-likeness (QED) is 0.439. The van der Waals surface area contributed by atoms with Crippen LogP contribution in [0.1, 0.15) is 58.4 Å². The highest BCUT2D eigenvalue weighted by molar-refractivity contribution is 5.76. The number of hydrogen-bond donors (Lipinski definition) is 2. The van der Waals surface area contributed by atoms with Crippen molar-refractivity contribution in [2.45, 2.75) is 65.0 Å². The molecule has 0 aromatic heterocycles. The van der Waals surface area contributed by atoms with E-state index in [4.69, 9.17) is 19.9 Å². The molecule has 0 aliphatic heterocycles. The molecule has 3 N–H and O–H groups in total. The van der Waals surface area contributed by atoms with Gasteiger partial charge in [0.1, 0.15) is 6.04 Å². The lowest BCUT2D eigenvalue weighted by molar-refractivity contribution is -0.149. The third-order valence-electron chi connectivity index (χ3n) is 3.99. The molecule has 0 saturated heterocycles. The number of carbonyl (C=O) groups excluding carboxylic acids is 3. The Bertz CT molecular complexity index is 761. The Hall–Kier alpha value is -2.94. The lowest BCUT2D eigenvalue weighted by atomic mass is 9.87. The Morgan fingerprint density at radius 2 is 1.66 bits per heavy atom. The van der Waals surface area contributed by atoms with Gasteiger partial charge in [0.05, 0.1) is 6.10 Å². The summed E-state index contributed by atoms with van der Waals surface area (Å²) in [5, 5.41) is 9.39. The van der Waals surface area contributed by atoms with Crippen molar-refractivity contribution >= 4 is 23.9 Å². The number of esters is 3. The zero-order valence-electron chi connectivity index (χ0n) is 17.0. The average molecular weight is 409 g/mol. The second-order valence-electron chi connectivity index (χ2n) is 6.65. The molecular weight excluding hydrogens is 382 g/mol. The van der Waals surface area contributed by atoms with Crippen LogP contribution in [-0.4, -0.2) is 41.1 Å². The van der Waals surface area contributed by atoms with E-state index in [0.29, 0.717) is 12.0 Å². The average Bonchev–Trinajstić information content (AvgIpc) is 2.59. The van der Waals surface area contributed by atoms with Gasteiger partial charge in [-0.25, -0.2) is 0 Å². The van der Waals surface area contributed by atoms with Gasteiger partial charge in [-0.3, -0.25) is 19.2 Å². The zero-order chi connectivity index (χ0) is 22.1. The van der Waals surface area contributed by atoms with Crippen LogP contribution in [0.25, 0.3) is 0 Å². The first-order valence-corrected chi connectivity index (χ1v) is 9.23. The van der Waals surface area contributed by atoms with Gasteiger partial charge in [-0.1, -0.05) is 13.0 Å². The lowest BCUT2D eigenvalue weighted by Crippen LogP contribution is -2.38. The number of hydrogen-bond acceptors (Lipinski definition) is 8. The molecule has 160 valence electrons. The Labute approximate surface area is 169 Å². The monoisotopic (exact) mass is 409 g/mol. The van der Waals surface area contributed by atoms with Crippen LogP contribution in [0.4, 0.5) is 0 Å². The Balaban J connectivity index is 3.23. The number of ether oxygens (including phenoxy) is 3. The molecule has 1 aromatic rings. The molecule has 9 nitrogen and oxygen atoms in total. The van der Waals surface area contributed by atoms with Crippen molar-refractivity contribution in [1.29, 1.82) is 0 Å². The van der Waals surface area contributed by atoms with Gasteiger partial charge >= 0.3 is 23.9 Å². The van der Waals surface area contributed by atoms with Crippen molar-refractivity contribution in [3.8, 4) is 11.5 Å². The normalized spacial score (nSPS) is 13.7. The lowest BCUT2D eigenvalue weighted by Gasteiger charge is -2.25. The predicted octanol–water partition coefficient (Wildman–Crippen LogP) is 2.15. The van der Waals surface area contributed by atoms with Gasteiger partial charge in [0.2, 0.25) is 0 Å². The summed E-state index contributed by atoms with van der Waals surface area (Å²) in [5.41, 5.74) is 6.30. The minimum Gasteiger partial charge on any atom is -0.480 e. The molecule has 0 saturated carbocycles. The summed E-state index contributed by atoms with van der Waals surface area (Å²) in [6.45, 7) is 5.87. The van der Waals surface area contributed by atoms with Crippen molar-refractivity contribution in [3.05, 3.63) is 23.8 Å². The molecule has 29 heavy (non-hydrogen) atoms. The van der Waals surface area contributed by atoms with Crippen LogP contribution < -0.4 is 15.2 Å². The summed E-state index contributed by atoms with van der Waals surface area (Å²) in [6, 6.07) is 3.02. The molecule has 0 radical (unpaired) electrons. The van der Waals surface area contributed by atoms with Crippen LogP contribution in [0.2, 0.25) is 0 Å². The minimum absolute atomic E-state index is 0.0153. The first-order valence-electron chi connectivity index (χ1n) is 9.23. The molecule has 0 heterocycles. The summed E-state index contributed by atoms with van der Waals surface area (Å²) in [4.78, 5) is 45.9. The summed E-state index contributed by atoms with van der Waals surface area (Å²) in [6.07, 6.45) is 0.436. The van der Waals surface area contributed by atoms with Crippen molar-refractivity contribution in [2.75, 3.05) is 0 Å². The topological polar surface area (TPSA) is 142 Å². The second-order valence-corrected chi connectivity index (χ2v) is 6.65. The van der Waals surface area contributed by atoms with Gasteiger partial charge in [0.15, 0.2) is 11.5 Å². The van der Waals surface area contributed by atoms with Gasteiger partial charge in [0.25, 0.3) is 0 Å². The van der Waals surface area contributed by atoms with E-state index < -0.39 is 36.0 Å². The fraction of sp³-hybridized carbons (Fsp3) is 0.500. The van der Waals surface area contributed by atoms with E-state index in [1.165, 1.54) is 32.0 Å². The third kappa shape index (κ3) is 7.90. The molecule has 1 aromatic carbocycles. The first kappa shape index (κ1) is 24.1. The molecule has 3 atom stereocenters. The minimum atomic E-state index is -1.30. The number of carboxylic acid groups (broad SMARTS) is 1. The zero-order valence-corrected chi connectivity index (χ0v) is 17.0. The maximum Gasteiger partial charge on any atom is 0.321 e. The molecule has 2 unspecified atom stereocenters. The third-order valence-corrected chi connectivity index (χ3v) is 3.99. The van der Waals surface area contributed by atoms with E-state index in [-0.39, 0.29) is 30.3 Å².